The van der Waals surface area contributed by atoms with Crippen LogP contribution in [0.2, 0.25) is 0 Å². The summed E-state index contributed by atoms with van der Waals surface area (Å²) in [6.07, 6.45) is 0.582. The van der Waals surface area contributed by atoms with E-state index < -0.39 is 17.2 Å². The summed E-state index contributed by atoms with van der Waals surface area (Å²) in [5.41, 5.74) is 0.982. The molecule has 7 heteroatoms. The highest BCUT2D eigenvalue weighted by molar-refractivity contribution is 6.03. The number of carbonyl (C=O) groups excluding carboxylic acids is 1. The molecule has 0 radical (unpaired) electrons. The molecule has 2 aromatic heterocycles. The number of phenols is 1. The molecule has 0 saturated carbocycles. The lowest BCUT2D eigenvalue weighted by molar-refractivity contribution is 0.0476. The van der Waals surface area contributed by atoms with E-state index >= 15 is 0 Å². The number of aromatic hydroxyl groups is 1. The first-order valence-electron chi connectivity index (χ1n) is 9.04. The number of hydrogen-bond acceptors (Lipinski definition) is 6. The van der Waals surface area contributed by atoms with Crippen LogP contribution in [0.1, 0.15) is 28.4 Å². The van der Waals surface area contributed by atoms with Crippen molar-refractivity contribution in [2.45, 2.75) is 20.0 Å². The SMILES string of the molecule is CCc1cc2c(COC(=O)c3cc(=O)[nH]c4ccccc34)cc(=O)oc2cc1O. The van der Waals surface area contributed by atoms with E-state index in [1.165, 1.54) is 18.2 Å². The molecule has 0 amide bonds. The van der Waals surface area contributed by atoms with Gasteiger partial charge in [-0.25, -0.2) is 9.59 Å². The predicted octanol–water partition coefficient (Wildman–Crippen LogP) is 3.26. The van der Waals surface area contributed by atoms with Crippen molar-refractivity contribution in [3.8, 4) is 5.75 Å². The fraction of sp³-hybridized carbons (Fsp3) is 0.136. The van der Waals surface area contributed by atoms with E-state index in [4.69, 9.17) is 9.15 Å². The zero-order valence-corrected chi connectivity index (χ0v) is 15.5. The molecule has 29 heavy (non-hydrogen) atoms. The number of para-hydroxylation sites is 1. The molecule has 0 unspecified atom stereocenters. The second kappa shape index (κ2) is 7.27. The van der Waals surface area contributed by atoms with Gasteiger partial charge in [0.25, 0.3) is 0 Å². The first kappa shape index (κ1) is 18.5. The van der Waals surface area contributed by atoms with E-state index in [0.29, 0.717) is 33.8 Å². The van der Waals surface area contributed by atoms with Crippen LogP contribution in [-0.2, 0) is 17.8 Å². The number of phenolic OH excluding ortho intramolecular Hbond substituents is 1. The van der Waals surface area contributed by atoms with Gasteiger partial charge in [0, 0.05) is 40.1 Å². The van der Waals surface area contributed by atoms with Gasteiger partial charge in [-0.1, -0.05) is 25.1 Å². The number of hydrogen-bond donors (Lipinski definition) is 2. The van der Waals surface area contributed by atoms with Gasteiger partial charge in [0.05, 0.1) is 5.56 Å². The quantitative estimate of drug-likeness (QED) is 0.408. The lowest BCUT2D eigenvalue weighted by Crippen LogP contribution is -2.13. The van der Waals surface area contributed by atoms with Crippen LogP contribution in [0.25, 0.3) is 21.9 Å². The number of esters is 1. The van der Waals surface area contributed by atoms with E-state index in [1.807, 2.05) is 6.92 Å². The number of rotatable bonds is 4. The first-order chi connectivity index (χ1) is 14.0. The molecule has 0 fully saturated rings. The highest BCUT2D eigenvalue weighted by Gasteiger charge is 2.15. The maximum atomic E-state index is 12.7. The van der Waals surface area contributed by atoms with Gasteiger partial charge < -0.3 is 19.2 Å². The van der Waals surface area contributed by atoms with E-state index in [-0.39, 0.29) is 23.5 Å². The fourth-order valence-corrected chi connectivity index (χ4v) is 3.30. The van der Waals surface area contributed by atoms with Crippen LogP contribution in [0.15, 0.2) is 62.5 Å². The second-order valence-corrected chi connectivity index (χ2v) is 6.59. The molecular weight excluding hydrogens is 374 g/mol. The number of aromatic nitrogens is 1. The van der Waals surface area contributed by atoms with Crippen molar-refractivity contribution in [2.24, 2.45) is 0 Å². The number of benzene rings is 2. The van der Waals surface area contributed by atoms with Crippen LogP contribution in [0.4, 0.5) is 0 Å². The molecule has 4 aromatic rings. The third-order valence-electron chi connectivity index (χ3n) is 4.74. The van der Waals surface area contributed by atoms with Crippen molar-refractivity contribution in [2.75, 3.05) is 0 Å². The van der Waals surface area contributed by atoms with Crippen LogP contribution in [0.3, 0.4) is 0 Å². The van der Waals surface area contributed by atoms with Gasteiger partial charge in [-0.2, -0.15) is 0 Å². The summed E-state index contributed by atoms with van der Waals surface area (Å²) in [7, 11) is 0. The van der Waals surface area contributed by atoms with Crippen LogP contribution < -0.4 is 11.2 Å². The Kier molecular flexibility index (Phi) is 4.64. The maximum absolute atomic E-state index is 12.7. The van der Waals surface area contributed by atoms with Gasteiger partial charge in [-0.3, -0.25) is 4.79 Å². The number of fused-ring (bicyclic) bond motifs is 2. The molecular formula is C22H17NO6. The summed E-state index contributed by atoms with van der Waals surface area (Å²) in [6, 6.07) is 12.4. The molecule has 2 heterocycles. The number of aryl methyl sites for hydroxylation is 1. The van der Waals surface area contributed by atoms with Crippen molar-refractivity contribution < 1.29 is 19.1 Å². The molecule has 2 aromatic carbocycles. The Bertz CT molecular complexity index is 1370. The minimum Gasteiger partial charge on any atom is -0.508 e. The Morgan fingerprint density at radius 1 is 1.07 bits per heavy atom. The van der Waals surface area contributed by atoms with Gasteiger partial charge >= 0.3 is 11.6 Å². The number of aromatic amines is 1. The summed E-state index contributed by atoms with van der Waals surface area (Å²) >= 11 is 0. The molecule has 4 rings (SSSR count). The second-order valence-electron chi connectivity index (χ2n) is 6.59. The van der Waals surface area contributed by atoms with Gasteiger partial charge in [-0.05, 0) is 24.1 Å². The normalized spacial score (nSPS) is 11.1. The average Bonchev–Trinajstić information content (AvgIpc) is 2.70. The highest BCUT2D eigenvalue weighted by atomic mass is 16.5. The number of ether oxygens (including phenoxy) is 1. The molecule has 0 aliphatic carbocycles. The molecule has 0 spiro atoms. The van der Waals surface area contributed by atoms with Gasteiger partial charge in [0.2, 0.25) is 5.56 Å². The molecule has 0 aliphatic heterocycles. The van der Waals surface area contributed by atoms with Gasteiger partial charge in [0.15, 0.2) is 0 Å². The summed E-state index contributed by atoms with van der Waals surface area (Å²) < 4.78 is 10.6. The third kappa shape index (κ3) is 3.50. The molecule has 0 atom stereocenters. The highest BCUT2D eigenvalue weighted by Crippen LogP contribution is 2.27. The third-order valence-corrected chi connectivity index (χ3v) is 4.74. The zero-order chi connectivity index (χ0) is 20.5. The van der Waals surface area contributed by atoms with Crippen LogP contribution >= 0.6 is 0 Å². The lowest BCUT2D eigenvalue weighted by Gasteiger charge is -2.10. The standard InChI is InChI=1S/C22H17NO6/c1-2-12-7-15-13(8-21(26)29-19(15)10-18(12)24)11-28-22(27)16-9-20(25)23-17-6-4-3-5-14(16)17/h3-10,24H,2,11H2,1H3,(H,23,25). The molecule has 0 saturated heterocycles. The van der Waals surface area contributed by atoms with Crippen molar-refractivity contribution in [3.63, 3.8) is 0 Å². The molecule has 146 valence electrons. The van der Waals surface area contributed by atoms with E-state index in [9.17, 15) is 19.5 Å². The molecule has 0 aliphatic rings. The van der Waals surface area contributed by atoms with Crippen molar-refractivity contribution in [1.82, 2.24) is 4.98 Å². The monoisotopic (exact) mass is 391 g/mol. The van der Waals surface area contributed by atoms with Crippen molar-refractivity contribution >= 4 is 27.8 Å². The number of H-pyrrole nitrogens is 1. The van der Waals surface area contributed by atoms with E-state index in [0.717, 1.165) is 0 Å². The number of nitrogens with one attached hydrogen (secondary N) is 1. The lowest BCUT2D eigenvalue weighted by atomic mass is 10.0. The summed E-state index contributed by atoms with van der Waals surface area (Å²) in [5.74, 6) is -0.643. The van der Waals surface area contributed by atoms with Crippen molar-refractivity contribution in [1.29, 1.82) is 0 Å². The molecule has 7 nitrogen and oxygen atoms in total. The smallest absolute Gasteiger partial charge is 0.339 e. The number of pyridine rings is 1. The van der Waals surface area contributed by atoms with E-state index in [1.54, 1.807) is 30.3 Å². The first-order valence-corrected chi connectivity index (χ1v) is 9.04. The minimum atomic E-state index is -0.678. The Balaban J connectivity index is 1.71. The van der Waals surface area contributed by atoms with Gasteiger partial charge in [0.1, 0.15) is 17.9 Å². The Morgan fingerprint density at radius 2 is 1.86 bits per heavy atom. The van der Waals surface area contributed by atoms with Crippen molar-refractivity contribution in [3.05, 3.63) is 86.0 Å². The van der Waals surface area contributed by atoms with Crippen LogP contribution in [0.5, 0.6) is 5.75 Å². The predicted molar refractivity (Wildman–Crippen MR) is 107 cm³/mol. The molecule has 2 N–H and O–H groups in total. The molecule has 0 bridgehead atoms. The summed E-state index contributed by atoms with van der Waals surface area (Å²) in [5, 5.41) is 11.1. The summed E-state index contributed by atoms with van der Waals surface area (Å²) in [6.45, 7) is 1.70. The largest absolute Gasteiger partial charge is 0.508 e. The van der Waals surface area contributed by atoms with Crippen LogP contribution in [0, 0.1) is 0 Å². The topological polar surface area (TPSA) is 110 Å². The maximum Gasteiger partial charge on any atom is 0.339 e. The fourth-order valence-electron chi connectivity index (χ4n) is 3.30. The average molecular weight is 391 g/mol. The van der Waals surface area contributed by atoms with E-state index in [2.05, 4.69) is 4.98 Å². The number of carbonyl (C=O) groups is 1. The Hall–Kier alpha value is -3.87. The Morgan fingerprint density at radius 3 is 2.66 bits per heavy atom. The van der Waals surface area contributed by atoms with Crippen LogP contribution in [-0.4, -0.2) is 16.1 Å². The zero-order valence-electron chi connectivity index (χ0n) is 15.5. The van der Waals surface area contributed by atoms with Gasteiger partial charge in [-0.15, -0.1) is 0 Å². The summed E-state index contributed by atoms with van der Waals surface area (Å²) in [4.78, 5) is 39.1. The Labute approximate surface area is 164 Å². The minimum absolute atomic E-state index is 0.0345.